The van der Waals surface area contributed by atoms with E-state index in [-0.39, 0.29) is 5.91 Å². The zero-order chi connectivity index (χ0) is 18.4. The Balaban J connectivity index is 1.60. The summed E-state index contributed by atoms with van der Waals surface area (Å²) in [7, 11) is 0. The number of amides is 1. The van der Waals surface area contributed by atoms with Gasteiger partial charge >= 0.3 is 0 Å². The van der Waals surface area contributed by atoms with E-state index in [1.807, 2.05) is 73.7 Å². The molecule has 0 bridgehead atoms. The lowest BCUT2D eigenvalue weighted by atomic mass is 10.0. The van der Waals surface area contributed by atoms with Crippen LogP contribution in [0.1, 0.15) is 17.5 Å². The van der Waals surface area contributed by atoms with Crippen LogP contribution in [0.2, 0.25) is 0 Å². The van der Waals surface area contributed by atoms with Gasteiger partial charge in [0.15, 0.2) is 0 Å². The van der Waals surface area contributed by atoms with E-state index in [9.17, 15) is 4.79 Å². The maximum atomic E-state index is 12.3. The smallest absolute Gasteiger partial charge is 0.227 e. The number of carbonyl (C=O) groups excluding carboxylic acids is 1. The summed E-state index contributed by atoms with van der Waals surface area (Å²) in [4.78, 5) is 12.3. The van der Waals surface area contributed by atoms with Crippen LogP contribution in [0, 0.1) is 13.8 Å². The van der Waals surface area contributed by atoms with E-state index in [0.717, 1.165) is 28.1 Å². The molecular formula is C23H23NO2. The number of hydrogen-bond acceptors (Lipinski definition) is 2. The van der Waals surface area contributed by atoms with Crippen molar-refractivity contribution in [1.82, 2.24) is 0 Å². The number of nitrogens with one attached hydrogen (secondary N) is 1. The molecule has 0 fully saturated rings. The van der Waals surface area contributed by atoms with Crippen LogP contribution >= 0.6 is 0 Å². The summed E-state index contributed by atoms with van der Waals surface area (Å²) in [6.07, 6.45) is 0.302. The lowest BCUT2D eigenvalue weighted by Crippen LogP contribution is -2.16. The van der Waals surface area contributed by atoms with Gasteiger partial charge in [0.05, 0.1) is 13.0 Å². The van der Waals surface area contributed by atoms with Crippen molar-refractivity contribution in [3.8, 4) is 16.9 Å². The molecule has 0 saturated carbocycles. The Morgan fingerprint density at radius 1 is 0.923 bits per heavy atom. The summed E-state index contributed by atoms with van der Waals surface area (Å²) in [5.74, 6) is 0.770. The highest BCUT2D eigenvalue weighted by Crippen LogP contribution is 2.27. The van der Waals surface area contributed by atoms with Crippen molar-refractivity contribution < 1.29 is 9.53 Å². The standard InChI is InChI=1S/C23H23NO2/c1-17-12-13-22(18(2)16-17)26-15-14-23(25)24-21-11-7-6-10-20(21)19-8-4-3-5-9-19/h3-13,16H,14-15H2,1-2H3,(H,24,25). The molecule has 0 saturated heterocycles. The predicted molar refractivity (Wildman–Crippen MR) is 107 cm³/mol. The van der Waals surface area contributed by atoms with Gasteiger partial charge < -0.3 is 10.1 Å². The Hall–Kier alpha value is -3.07. The molecule has 0 radical (unpaired) electrons. The van der Waals surface area contributed by atoms with Crippen molar-refractivity contribution in [2.45, 2.75) is 20.3 Å². The molecule has 0 aliphatic carbocycles. The summed E-state index contributed by atoms with van der Waals surface area (Å²) >= 11 is 0. The minimum atomic E-state index is -0.0573. The van der Waals surface area contributed by atoms with Crippen LogP contribution < -0.4 is 10.1 Å². The number of ether oxygens (including phenoxy) is 1. The molecule has 3 aromatic rings. The molecule has 0 spiro atoms. The van der Waals surface area contributed by atoms with Crippen molar-refractivity contribution in [2.75, 3.05) is 11.9 Å². The van der Waals surface area contributed by atoms with Crippen LogP contribution in [0.4, 0.5) is 5.69 Å². The number of carbonyl (C=O) groups is 1. The lowest BCUT2D eigenvalue weighted by Gasteiger charge is -2.12. The van der Waals surface area contributed by atoms with E-state index in [4.69, 9.17) is 4.74 Å². The van der Waals surface area contributed by atoms with Crippen LogP contribution in [0.3, 0.4) is 0 Å². The Morgan fingerprint density at radius 2 is 1.65 bits per heavy atom. The summed E-state index contributed by atoms with van der Waals surface area (Å²) in [5.41, 5.74) is 5.19. The summed E-state index contributed by atoms with van der Waals surface area (Å²) in [5, 5.41) is 3.00. The van der Waals surface area contributed by atoms with E-state index < -0.39 is 0 Å². The first-order valence-electron chi connectivity index (χ1n) is 8.78. The molecule has 132 valence electrons. The molecule has 0 heterocycles. The fourth-order valence-corrected chi connectivity index (χ4v) is 2.89. The molecule has 3 aromatic carbocycles. The molecule has 3 nitrogen and oxygen atoms in total. The van der Waals surface area contributed by atoms with E-state index in [2.05, 4.69) is 18.3 Å². The fourth-order valence-electron chi connectivity index (χ4n) is 2.89. The van der Waals surface area contributed by atoms with Gasteiger partial charge in [-0.05, 0) is 37.1 Å². The summed E-state index contributed by atoms with van der Waals surface area (Å²) in [6.45, 7) is 4.41. The first-order valence-corrected chi connectivity index (χ1v) is 8.78. The van der Waals surface area contributed by atoms with Gasteiger partial charge in [0.25, 0.3) is 0 Å². The van der Waals surface area contributed by atoms with Gasteiger partial charge in [-0.1, -0.05) is 66.2 Å². The molecule has 0 atom stereocenters. The minimum Gasteiger partial charge on any atom is -0.493 e. The van der Waals surface area contributed by atoms with Crippen molar-refractivity contribution >= 4 is 11.6 Å². The van der Waals surface area contributed by atoms with Crippen LogP contribution in [-0.2, 0) is 4.79 Å². The Morgan fingerprint density at radius 3 is 2.42 bits per heavy atom. The Labute approximate surface area is 154 Å². The van der Waals surface area contributed by atoms with E-state index in [1.54, 1.807) is 0 Å². The van der Waals surface area contributed by atoms with Crippen molar-refractivity contribution in [1.29, 1.82) is 0 Å². The molecule has 26 heavy (non-hydrogen) atoms. The second-order valence-corrected chi connectivity index (χ2v) is 6.33. The molecule has 3 rings (SSSR count). The monoisotopic (exact) mass is 345 g/mol. The zero-order valence-electron chi connectivity index (χ0n) is 15.2. The predicted octanol–water partition coefficient (Wildman–Crippen LogP) is 5.38. The Bertz CT molecular complexity index is 888. The van der Waals surface area contributed by atoms with Crippen molar-refractivity contribution in [3.05, 3.63) is 83.9 Å². The zero-order valence-corrected chi connectivity index (χ0v) is 15.2. The maximum Gasteiger partial charge on any atom is 0.227 e. The minimum absolute atomic E-state index is 0.0573. The highest BCUT2D eigenvalue weighted by molar-refractivity contribution is 5.95. The second-order valence-electron chi connectivity index (χ2n) is 6.33. The van der Waals surface area contributed by atoms with Gasteiger partial charge in [-0.2, -0.15) is 0 Å². The number of aryl methyl sites for hydroxylation is 2. The van der Waals surface area contributed by atoms with Gasteiger partial charge in [0, 0.05) is 11.3 Å². The number of hydrogen-bond donors (Lipinski definition) is 1. The number of anilines is 1. The van der Waals surface area contributed by atoms with Gasteiger partial charge in [-0.25, -0.2) is 0 Å². The number of benzene rings is 3. The SMILES string of the molecule is Cc1ccc(OCCC(=O)Nc2ccccc2-c2ccccc2)c(C)c1. The van der Waals surface area contributed by atoms with Crippen molar-refractivity contribution in [2.24, 2.45) is 0 Å². The van der Waals surface area contributed by atoms with E-state index >= 15 is 0 Å². The number of para-hydroxylation sites is 1. The Kier molecular flexibility index (Phi) is 5.69. The van der Waals surface area contributed by atoms with E-state index in [0.29, 0.717) is 13.0 Å². The summed E-state index contributed by atoms with van der Waals surface area (Å²) in [6, 6.07) is 23.9. The normalized spacial score (nSPS) is 10.4. The molecule has 0 unspecified atom stereocenters. The molecule has 1 N–H and O–H groups in total. The van der Waals surface area contributed by atoms with Crippen LogP contribution in [-0.4, -0.2) is 12.5 Å². The average molecular weight is 345 g/mol. The second kappa shape index (κ2) is 8.34. The molecular weight excluding hydrogens is 322 g/mol. The largest absolute Gasteiger partial charge is 0.493 e. The van der Waals surface area contributed by atoms with Gasteiger partial charge in [0.2, 0.25) is 5.91 Å². The molecule has 0 aromatic heterocycles. The third-order valence-electron chi connectivity index (χ3n) is 4.20. The quantitative estimate of drug-likeness (QED) is 0.651. The third kappa shape index (κ3) is 4.51. The topological polar surface area (TPSA) is 38.3 Å². The highest BCUT2D eigenvalue weighted by atomic mass is 16.5. The van der Waals surface area contributed by atoms with Crippen LogP contribution in [0.25, 0.3) is 11.1 Å². The summed E-state index contributed by atoms with van der Waals surface area (Å²) < 4.78 is 5.75. The van der Waals surface area contributed by atoms with E-state index in [1.165, 1.54) is 5.56 Å². The fraction of sp³-hybridized carbons (Fsp3) is 0.174. The average Bonchev–Trinajstić information content (AvgIpc) is 2.65. The molecule has 0 aliphatic heterocycles. The first kappa shape index (κ1) is 17.7. The third-order valence-corrected chi connectivity index (χ3v) is 4.20. The lowest BCUT2D eigenvalue weighted by molar-refractivity contribution is -0.116. The molecule has 0 aliphatic rings. The first-order chi connectivity index (χ1) is 12.6. The van der Waals surface area contributed by atoms with Crippen LogP contribution in [0.5, 0.6) is 5.75 Å². The number of rotatable bonds is 6. The van der Waals surface area contributed by atoms with Gasteiger partial charge in [-0.15, -0.1) is 0 Å². The molecule has 1 amide bonds. The highest BCUT2D eigenvalue weighted by Gasteiger charge is 2.09. The molecule has 3 heteroatoms. The maximum absolute atomic E-state index is 12.3. The van der Waals surface area contributed by atoms with Gasteiger partial charge in [-0.3, -0.25) is 4.79 Å². The van der Waals surface area contributed by atoms with Gasteiger partial charge in [0.1, 0.15) is 5.75 Å². The van der Waals surface area contributed by atoms with Crippen LogP contribution in [0.15, 0.2) is 72.8 Å². The van der Waals surface area contributed by atoms with Crippen molar-refractivity contribution in [3.63, 3.8) is 0 Å².